The van der Waals surface area contributed by atoms with Gasteiger partial charge in [-0.3, -0.25) is 10.4 Å². The highest BCUT2D eigenvalue weighted by molar-refractivity contribution is 5.37. The lowest BCUT2D eigenvalue weighted by Gasteiger charge is -2.28. The number of hydrogen-bond acceptors (Lipinski definition) is 7. The van der Waals surface area contributed by atoms with Gasteiger partial charge in [-0.25, -0.2) is 0 Å². The minimum atomic E-state index is -1.31. The van der Waals surface area contributed by atoms with Crippen LogP contribution in [0.2, 0.25) is 0 Å². The first-order valence-corrected chi connectivity index (χ1v) is 9.14. The van der Waals surface area contributed by atoms with Crippen molar-refractivity contribution in [2.24, 2.45) is 0 Å². The molecule has 1 heterocycles. The standard InChI is InChI=1S/C19H34N2O6/c1-13(7-8-15(22)18(2,3)24)6-5-9-19(4,25)16(23)10-14-11-17(20-12-14)21(26)27/h6,11-12,15-16,20,22-27H,5,7-10H2,1-4H3. The number of aromatic amines is 1. The largest absolute Gasteiger partial charge is 0.390 e. The van der Waals surface area contributed by atoms with Crippen LogP contribution in [0, 0.1) is 0 Å². The molecule has 0 aliphatic heterocycles. The zero-order chi connectivity index (χ0) is 20.8. The van der Waals surface area contributed by atoms with Crippen molar-refractivity contribution in [1.82, 2.24) is 4.98 Å². The molecule has 0 saturated carbocycles. The molecule has 7 N–H and O–H groups in total. The van der Waals surface area contributed by atoms with Crippen molar-refractivity contribution in [1.29, 1.82) is 0 Å². The normalized spacial score (nSPS) is 17.5. The Balaban J connectivity index is 2.48. The van der Waals surface area contributed by atoms with Crippen LogP contribution in [0.25, 0.3) is 0 Å². The third kappa shape index (κ3) is 8.00. The first kappa shape index (κ1) is 23.6. The number of allylic oxidation sites excluding steroid dienone is 2. The van der Waals surface area contributed by atoms with E-state index in [0.29, 0.717) is 31.2 Å². The van der Waals surface area contributed by atoms with Gasteiger partial charge >= 0.3 is 0 Å². The maximum absolute atomic E-state index is 10.5. The molecule has 1 rings (SSSR count). The summed E-state index contributed by atoms with van der Waals surface area (Å²) in [6.45, 7) is 6.64. The van der Waals surface area contributed by atoms with Gasteiger partial charge in [-0.15, -0.1) is 5.23 Å². The molecule has 0 aliphatic rings. The first-order valence-electron chi connectivity index (χ1n) is 9.14. The van der Waals surface area contributed by atoms with Crippen molar-refractivity contribution in [2.45, 2.75) is 83.2 Å². The number of anilines is 1. The summed E-state index contributed by atoms with van der Waals surface area (Å²) in [5, 5.41) is 58.3. The Kier molecular flexibility index (Phi) is 8.47. The van der Waals surface area contributed by atoms with Gasteiger partial charge in [0, 0.05) is 12.6 Å². The molecule has 0 aromatic carbocycles. The molecule has 0 radical (unpaired) electrons. The molecule has 1 aromatic rings. The van der Waals surface area contributed by atoms with Gasteiger partial charge in [0.25, 0.3) is 0 Å². The number of hydrogen-bond donors (Lipinski definition) is 7. The van der Waals surface area contributed by atoms with Gasteiger partial charge in [-0.05, 0) is 65.0 Å². The fourth-order valence-electron chi connectivity index (χ4n) is 2.70. The van der Waals surface area contributed by atoms with Gasteiger partial charge in [0.2, 0.25) is 0 Å². The Morgan fingerprint density at radius 3 is 2.33 bits per heavy atom. The Morgan fingerprint density at radius 2 is 1.81 bits per heavy atom. The lowest BCUT2D eigenvalue weighted by atomic mass is 9.89. The highest BCUT2D eigenvalue weighted by Gasteiger charge is 2.30. The highest BCUT2D eigenvalue weighted by atomic mass is 16.8. The van der Waals surface area contributed by atoms with Gasteiger partial charge < -0.3 is 25.4 Å². The van der Waals surface area contributed by atoms with E-state index in [2.05, 4.69) is 4.98 Å². The fourth-order valence-corrected chi connectivity index (χ4v) is 2.70. The highest BCUT2D eigenvalue weighted by Crippen LogP contribution is 2.23. The summed E-state index contributed by atoms with van der Waals surface area (Å²) in [6, 6.07) is 1.47. The molecule has 0 amide bonds. The average Bonchev–Trinajstić information content (AvgIpc) is 3.00. The molecule has 3 atom stereocenters. The van der Waals surface area contributed by atoms with E-state index in [9.17, 15) is 20.4 Å². The fraction of sp³-hybridized carbons (Fsp3) is 0.684. The van der Waals surface area contributed by atoms with E-state index in [1.165, 1.54) is 12.3 Å². The molecule has 27 heavy (non-hydrogen) atoms. The summed E-state index contributed by atoms with van der Waals surface area (Å²) in [7, 11) is 0. The van der Waals surface area contributed by atoms with Crippen molar-refractivity contribution in [3.63, 3.8) is 0 Å². The topological polar surface area (TPSA) is 140 Å². The predicted molar refractivity (Wildman–Crippen MR) is 102 cm³/mol. The average molecular weight is 386 g/mol. The summed E-state index contributed by atoms with van der Waals surface area (Å²) in [5.41, 5.74) is -0.753. The minimum absolute atomic E-state index is 0.0452. The van der Waals surface area contributed by atoms with Crippen molar-refractivity contribution in [3.05, 3.63) is 29.5 Å². The minimum Gasteiger partial charge on any atom is -0.390 e. The molecule has 0 spiro atoms. The third-order valence-corrected chi connectivity index (χ3v) is 4.86. The predicted octanol–water partition coefficient (Wildman–Crippen LogP) is 1.89. The van der Waals surface area contributed by atoms with Crippen molar-refractivity contribution >= 4 is 5.82 Å². The van der Waals surface area contributed by atoms with Crippen LogP contribution < -0.4 is 5.23 Å². The third-order valence-electron chi connectivity index (χ3n) is 4.86. The SMILES string of the molecule is CC(=CCCC(C)(O)C(O)Cc1c[nH]c(N(O)O)c1)CCC(O)C(C)(C)O. The van der Waals surface area contributed by atoms with Gasteiger partial charge in [-0.2, -0.15) is 0 Å². The zero-order valence-corrected chi connectivity index (χ0v) is 16.6. The first-order chi connectivity index (χ1) is 12.3. The molecule has 8 heteroatoms. The lowest BCUT2D eigenvalue weighted by Crippen LogP contribution is -2.40. The second kappa shape index (κ2) is 9.68. The lowest BCUT2D eigenvalue weighted by molar-refractivity contribution is -0.0654. The number of nitrogens with zero attached hydrogens (tertiary/aromatic N) is 1. The van der Waals surface area contributed by atoms with E-state index in [0.717, 1.165) is 5.57 Å². The molecule has 0 aliphatic carbocycles. The van der Waals surface area contributed by atoms with Crippen LogP contribution >= 0.6 is 0 Å². The van der Waals surface area contributed by atoms with Crippen molar-refractivity contribution < 1.29 is 30.8 Å². The number of aliphatic hydroxyl groups is 4. The summed E-state index contributed by atoms with van der Waals surface area (Å²) < 4.78 is 0. The molecule has 1 aromatic heterocycles. The van der Waals surface area contributed by atoms with Gasteiger partial charge in [0.15, 0.2) is 5.82 Å². The Labute approximate surface area is 160 Å². The van der Waals surface area contributed by atoms with E-state index in [1.807, 2.05) is 13.0 Å². The van der Waals surface area contributed by atoms with Crippen LogP contribution in [0.3, 0.4) is 0 Å². The molecule has 0 saturated heterocycles. The maximum Gasteiger partial charge on any atom is 0.161 e. The summed E-state index contributed by atoms with van der Waals surface area (Å²) >= 11 is 0. The van der Waals surface area contributed by atoms with E-state index < -0.39 is 23.4 Å². The second-order valence-electron chi connectivity index (χ2n) is 8.06. The number of nitrogens with one attached hydrogen (secondary N) is 1. The Morgan fingerprint density at radius 1 is 1.19 bits per heavy atom. The van der Waals surface area contributed by atoms with Crippen LogP contribution in [-0.4, -0.2) is 59.2 Å². The van der Waals surface area contributed by atoms with E-state index in [-0.39, 0.29) is 17.5 Å². The zero-order valence-electron chi connectivity index (χ0n) is 16.6. The molecule has 0 fully saturated rings. The van der Waals surface area contributed by atoms with Crippen LogP contribution in [-0.2, 0) is 6.42 Å². The van der Waals surface area contributed by atoms with Gasteiger partial charge in [0.05, 0.1) is 23.4 Å². The van der Waals surface area contributed by atoms with Crippen LogP contribution in [0.15, 0.2) is 23.9 Å². The Bertz CT molecular complexity index is 604. The van der Waals surface area contributed by atoms with Crippen molar-refractivity contribution in [3.8, 4) is 0 Å². The Hall–Kier alpha value is -1.42. The molecular formula is C19H34N2O6. The summed E-state index contributed by atoms with van der Waals surface area (Å²) in [5.74, 6) is 0.0728. The summed E-state index contributed by atoms with van der Waals surface area (Å²) in [4.78, 5) is 2.64. The summed E-state index contributed by atoms with van der Waals surface area (Å²) in [6.07, 6.45) is 3.85. The number of H-pyrrole nitrogens is 1. The molecule has 8 nitrogen and oxygen atoms in total. The van der Waals surface area contributed by atoms with Gasteiger partial charge in [0.1, 0.15) is 0 Å². The van der Waals surface area contributed by atoms with E-state index in [4.69, 9.17) is 10.4 Å². The van der Waals surface area contributed by atoms with E-state index >= 15 is 0 Å². The van der Waals surface area contributed by atoms with Gasteiger partial charge in [-0.1, -0.05) is 11.6 Å². The van der Waals surface area contributed by atoms with E-state index in [1.54, 1.807) is 20.8 Å². The monoisotopic (exact) mass is 386 g/mol. The van der Waals surface area contributed by atoms with Crippen LogP contribution in [0.4, 0.5) is 5.82 Å². The molecule has 156 valence electrons. The number of rotatable bonds is 11. The molecular weight excluding hydrogens is 352 g/mol. The smallest absolute Gasteiger partial charge is 0.161 e. The van der Waals surface area contributed by atoms with Crippen LogP contribution in [0.1, 0.15) is 58.9 Å². The number of aliphatic hydroxyl groups excluding tert-OH is 2. The van der Waals surface area contributed by atoms with Crippen molar-refractivity contribution in [2.75, 3.05) is 5.23 Å². The number of aromatic nitrogens is 1. The second-order valence-corrected chi connectivity index (χ2v) is 8.06. The molecule has 0 bridgehead atoms. The molecule has 3 unspecified atom stereocenters. The quantitative estimate of drug-likeness (QED) is 0.227. The maximum atomic E-state index is 10.5. The van der Waals surface area contributed by atoms with Crippen LogP contribution in [0.5, 0.6) is 0 Å².